The number of ether oxygens (including phenoxy) is 1. The smallest absolute Gasteiger partial charge is 0.310 e. The zero-order chi connectivity index (χ0) is 14.0. The fraction of sp³-hybridized carbons (Fsp3) is 0.467. The van der Waals surface area contributed by atoms with Crippen molar-refractivity contribution in [2.45, 2.75) is 31.2 Å². The molecule has 2 atom stereocenters. The first-order valence-electron chi connectivity index (χ1n) is 6.39. The number of hydrogen-bond acceptors (Lipinski definition) is 3. The zero-order valence-electron chi connectivity index (χ0n) is 11.4. The number of carbonyl (C=O) groups excluding carboxylic acids is 1. The molecule has 1 saturated carbocycles. The molecule has 0 radical (unpaired) electrons. The third kappa shape index (κ3) is 2.81. The maximum absolute atomic E-state index is 11.6. The number of halogens is 1. The summed E-state index contributed by atoms with van der Waals surface area (Å²) in [6, 6.07) is 9.91. The van der Waals surface area contributed by atoms with E-state index in [1.54, 1.807) is 0 Å². The van der Waals surface area contributed by atoms with E-state index in [1.165, 1.54) is 7.11 Å². The molecule has 0 saturated heterocycles. The van der Waals surface area contributed by atoms with Gasteiger partial charge in [0.1, 0.15) is 4.87 Å². The molecule has 0 bridgehead atoms. The SMILES string of the molecule is COC(=O)[C@H]1C[C@]1(Cl)C(=NC(C)C)c1ccccc1. The summed E-state index contributed by atoms with van der Waals surface area (Å²) in [5.41, 5.74) is 1.76. The summed E-state index contributed by atoms with van der Waals surface area (Å²) >= 11 is 6.60. The van der Waals surface area contributed by atoms with Crippen LogP contribution in [0.1, 0.15) is 25.8 Å². The quantitative estimate of drug-likeness (QED) is 0.483. The average Bonchev–Trinajstić information content (AvgIpc) is 3.09. The number of hydrogen-bond donors (Lipinski definition) is 0. The number of esters is 1. The summed E-state index contributed by atoms with van der Waals surface area (Å²) in [5.74, 6) is -0.556. The average molecular weight is 280 g/mol. The minimum atomic E-state index is -0.710. The normalized spacial score (nSPS) is 26.4. The highest BCUT2D eigenvalue weighted by Gasteiger charge is 2.61. The third-order valence-corrected chi connectivity index (χ3v) is 3.80. The molecule has 1 aromatic rings. The minimum Gasteiger partial charge on any atom is -0.469 e. The summed E-state index contributed by atoms with van der Waals surface area (Å²) in [5, 5.41) is 0. The molecule has 102 valence electrons. The van der Waals surface area contributed by atoms with Gasteiger partial charge in [-0.3, -0.25) is 9.79 Å². The van der Waals surface area contributed by atoms with Crippen LogP contribution in [0.2, 0.25) is 0 Å². The second kappa shape index (κ2) is 5.33. The largest absolute Gasteiger partial charge is 0.469 e. The van der Waals surface area contributed by atoms with Crippen LogP contribution >= 0.6 is 11.6 Å². The Labute approximate surface area is 118 Å². The topological polar surface area (TPSA) is 38.7 Å². The Morgan fingerprint density at radius 1 is 1.42 bits per heavy atom. The number of aliphatic imine (C=N–C) groups is 1. The van der Waals surface area contributed by atoms with Gasteiger partial charge in [-0.1, -0.05) is 30.3 Å². The molecule has 0 spiro atoms. The van der Waals surface area contributed by atoms with Crippen LogP contribution in [0.25, 0.3) is 0 Å². The highest BCUT2D eigenvalue weighted by atomic mass is 35.5. The maximum atomic E-state index is 11.6. The Morgan fingerprint density at radius 2 is 2.05 bits per heavy atom. The predicted molar refractivity (Wildman–Crippen MR) is 76.8 cm³/mol. The van der Waals surface area contributed by atoms with Crippen LogP contribution in [0.15, 0.2) is 35.3 Å². The van der Waals surface area contributed by atoms with Crippen molar-refractivity contribution < 1.29 is 9.53 Å². The van der Waals surface area contributed by atoms with Gasteiger partial charge in [0.05, 0.1) is 18.7 Å². The van der Waals surface area contributed by atoms with Gasteiger partial charge in [-0.2, -0.15) is 0 Å². The Balaban J connectivity index is 2.34. The van der Waals surface area contributed by atoms with Gasteiger partial charge in [-0.25, -0.2) is 0 Å². The molecule has 0 amide bonds. The molecule has 2 rings (SSSR count). The molecule has 0 aromatic heterocycles. The monoisotopic (exact) mass is 279 g/mol. The minimum absolute atomic E-state index is 0.129. The van der Waals surface area contributed by atoms with Crippen LogP contribution in [-0.2, 0) is 9.53 Å². The lowest BCUT2D eigenvalue weighted by Gasteiger charge is -2.15. The Kier molecular flexibility index (Phi) is 3.95. The van der Waals surface area contributed by atoms with Crippen LogP contribution in [0, 0.1) is 5.92 Å². The molecule has 0 unspecified atom stereocenters. The zero-order valence-corrected chi connectivity index (χ0v) is 12.1. The molecule has 0 aliphatic heterocycles. The van der Waals surface area contributed by atoms with Gasteiger partial charge in [-0.15, -0.1) is 11.6 Å². The van der Waals surface area contributed by atoms with Crippen LogP contribution in [-0.4, -0.2) is 29.7 Å². The van der Waals surface area contributed by atoms with E-state index < -0.39 is 4.87 Å². The van der Waals surface area contributed by atoms with E-state index in [0.29, 0.717) is 6.42 Å². The number of carbonyl (C=O) groups is 1. The summed E-state index contributed by atoms with van der Waals surface area (Å²) in [4.78, 5) is 15.6. The van der Waals surface area contributed by atoms with E-state index in [4.69, 9.17) is 16.3 Å². The standard InChI is InChI=1S/C15H18ClNO2/c1-10(2)17-13(11-7-5-4-6-8-11)15(16)9-12(15)14(18)19-3/h4-8,10,12H,9H2,1-3H3/t12-,15-/m1/s1. The number of alkyl halides is 1. The lowest BCUT2D eigenvalue weighted by molar-refractivity contribution is -0.142. The first-order valence-corrected chi connectivity index (χ1v) is 6.77. The van der Waals surface area contributed by atoms with Gasteiger partial charge in [0.25, 0.3) is 0 Å². The van der Waals surface area contributed by atoms with Crippen molar-refractivity contribution in [2.24, 2.45) is 10.9 Å². The summed E-state index contributed by atoms with van der Waals surface area (Å²) < 4.78 is 4.78. The first-order chi connectivity index (χ1) is 8.99. The fourth-order valence-electron chi connectivity index (χ4n) is 2.19. The van der Waals surface area contributed by atoms with E-state index in [-0.39, 0.29) is 17.9 Å². The molecule has 1 fully saturated rings. The molecular formula is C15H18ClNO2. The Hall–Kier alpha value is -1.35. The second-order valence-corrected chi connectivity index (χ2v) is 5.75. The molecule has 1 aliphatic rings. The van der Waals surface area contributed by atoms with Crippen LogP contribution in [0.4, 0.5) is 0 Å². The van der Waals surface area contributed by atoms with E-state index in [1.807, 2.05) is 44.2 Å². The molecular weight excluding hydrogens is 262 g/mol. The number of nitrogens with zero attached hydrogens (tertiary/aromatic N) is 1. The lowest BCUT2D eigenvalue weighted by Crippen LogP contribution is -2.25. The van der Waals surface area contributed by atoms with Crippen molar-refractivity contribution in [3.63, 3.8) is 0 Å². The van der Waals surface area contributed by atoms with Crippen molar-refractivity contribution in [3.05, 3.63) is 35.9 Å². The number of rotatable bonds is 4. The van der Waals surface area contributed by atoms with E-state index in [2.05, 4.69) is 4.99 Å². The Bertz CT molecular complexity index is 498. The molecule has 0 N–H and O–H groups in total. The highest BCUT2D eigenvalue weighted by molar-refractivity contribution is 6.43. The van der Waals surface area contributed by atoms with Crippen molar-refractivity contribution in [2.75, 3.05) is 7.11 Å². The lowest BCUT2D eigenvalue weighted by atomic mass is 10.0. The molecule has 1 aliphatic carbocycles. The van der Waals surface area contributed by atoms with Gasteiger partial charge in [0.2, 0.25) is 0 Å². The van der Waals surface area contributed by atoms with Crippen molar-refractivity contribution >= 4 is 23.3 Å². The highest BCUT2D eigenvalue weighted by Crippen LogP contribution is 2.52. The molecule has 4 heteroatoms. The second-order valence-electron chi connectivity index (χ2n) is 5.08. The van der Waals surface area contributed by atoms with E-state index in [0.717, 1.165) is 11.3 Å². The fourth-order valence-corrected chi connectivity index (χ4v) is 2.59. The van der Waals surface area contributed by atoms with Crippen molar-refractivity contribution in [1.82, 2.24) is 0 Å². The third-order valence-electron chi connectivity index (χ3n) is 3.21. The van der Waals surface area contributed by atoms with Gasteiger partial charge >= 0.3 is 5.97 Å². The van der Waals surface area contributed by atoms with Gasteiger partial charge < -0.3 is 4.74 Å². The van der Waals surface area contributed by atoms with E-state index in [9.17, 15) is 4.79 Å². The van der Waals surface area contributed by atoms with Crippen molar-refractivity contribution in [3.8, 4) is 0 Å². The van der Waals surface area contributed by atoms with Crippen LogP contribution in [0.3, 0.4) is 0 Å². The summed E-state index contributed by atoms with van der Waals surface area (Å²) in [6.07, 6.45) is 0.585. The van der Waals surface area contributed by atoms with Crippen LogP contribution < -0.4 is 0 Å². The number of methoxy groups -OCH3 is 1. The first kappa shape index (κ1) is 14.1. The molecule has 0 heterocycles. The van der Waals surface area contributed by atoms with Crippen LogP contribution in [0.5, 0.6) is 0 Å². The molecule has 19 heavy (non-hydrogen) atoms. The Morgan fingerprint density at radius 3 is 2.58 bits per heavy atom. The van der Waals surface area contributed by atoms with Crippen molar-refractivity contribution in [1.29, 1.82) is 0 Å². The molecule has 1 aromatic carbocycles. The van der Waals surface area contributed by atoms with E-state index >= 15 is 0 Å². The predicted octanol–water partition coefficient (Wildman–Crippen LogP) is 3.05. The van der Waals surface area contributed by atoms with Gasteiger partial charge in [-0.05, 0) is 25.8 Å². The number of benzene rings is 1. The van der Waals surface area contributed by atoms with Gasteiger partial charge in [0, 0.05) is 6.04 Å². The molecule has 3 nitrogen and oxygen atoms in total. The summed E-state index contributed by atoms with van der Waals surface area (Å²) in [6.45, 7) is 4.00. The maximum Gasteiger partial charge on any atom is 0.310 e. The van der Waals surface area contributed by atoms with Gasteiger partial charge in [0.15, 0.2) is 0 Å². The summed E-state index contributed by atoms with van der Waals surface area (Å²) in [7, 11) is 1.39.